The van der Waals surface area contributed by atoms with Gasteiger partial charge in [0.15, 0.2) is 0 Å². The van der Waals surface area contributed by atoms with Crippen LogP contribution in [-0.2, 0) is 20.0 Å². The zero-order chi connectivity index (χ0) is 15.6. The number of carbonyl (C=O) groups excluding carboxylic acids is 1. The molecular weight excluding hydrogens is 284 g/mol. The predicted molar refractivity (Wildman–Crippen MR) is 85.9 cm³/mol. The molecule has 0 unspecified atom stereocenters. The molecule has 0 aliphatic carbocycles. The van der Waals surface area contributed by atoms with E-state index in [0.717, 1.165) is 23.2 Å². The Kier molecular flexibility index (Phi) is 4.63. The zero-order valence-corrected chi connectivity index (χ0v) is 13.7. The van der Waals surface area contributed by atoms with E-state index in [1.165, 1.54) is 0 Å². The summed E-state index contributed by atoms with van der Waals surface area (Å²) in [5.41, 5.74) is 3.04. The maximum absolute atomic E-state index is 12.5. The Bertz CT molecular complexity index is 702. The summed E-state index contributed by atoms with van der Waals surface area (Å²) < 4.78 is 1.58. The van der Waals surface area contributed by atoms with Crippen LogP contribution in [0.4, 0.5) is 0 Å². The predicted octanol–water partition coefficient (Wildman–Crippen LogP) is 2.59. The molecule has 21 heavy (non-hydrogen) atoms. The Balaban J connectivity index is 2.33. The molecular formula is C16H20N2O2S. The van der Waals surface area contributed by atoms with Crippen LogP contribution in [0.2, 0.25) is 0 Å². The van der Waals surface area contributed by atoms with Gasteiger partial charge in [-0.3, -0.25) is 9.59 Å². The second-order valence-corrected chi connectivity index (χ2v) is 5.98. The lowest BCUT2D eigenvalue weighted by atomic mass is 10.1. The van der Waals surface area contributed by atoms with Crippen LogP contribution in [0.5, 0.6) is 0 Å². The zero-order valence-electron chi connectivity index (χ0n) is 12.8. The molecule has 2 rings (SSSR count). The van der Waals surface area contributed by atoms with Gasteiger partial charge >= 0.3 is 0 Å². The standard InChI is InChI=1S/C16H20N2O2S/c1-5-14-11(2)8-13(16(20)18(14)4)15(19)17(3)9-12-6-7-21-10-12/h6-8,10H,5,9H2,1-4H3. The number of amides is 1. The van der Waals surface area contributed by atoms with Crippen LogP contribution in [0.1, 0.15) is 34.1 Å². The van der Waals surface area contributed by atoms with E-state index in [0.29, 0.717) is 6.54 Å². The van der Waals surface area contributed by atoms with Crippen LogP contribution in [0, 0.1) is 6.92 Å². The van der Waals surface area contributed by atoms with Crippen LogP contribution in [0.25, 0.3) is 0 Å². The summed E-state index contributed by atoms with van der Waals surface area (Å²) in [6, 6.07) is 3.70. The van der Waals surface area contributed by atoms with Gasteiger partial charge in [0.2, 0.25) is 0 Å². The number of pyridine rings is 1. The molecule has 0 aromatic carbocycles. The molecule has 0 fully saturated rings. The molecule has 0 radical (unpaired) electrons. The van der Waals surface area contributed by atoms with Gasteiger partial charge in [-0.25, -0.2) is 0 Å². The number of rotatable bonds is 4. The highest BCUT2D eigenvalue weighted by Gasteiger charge is 2.19. The van der Waals surface area contributed by atoms with Crippen LogP contribution in [-0.4, -0.2) is 22.4 Å². The van der Waals surface area contributed by atoms with Crippen molar-refractivity contribution in [1.29, 1.82) is 0 Å². The first-order valence-electron chi connectivity index (χ1n) is 6.91. The maximum Gasteiger partial charge on any atom is 0.263 e. The van der Waals surface area contributed by atoms with Crippen molar-refractivity contribution in [3.8, 4) is 0 Å². The van der Waals surface area contributed by atoms with E-state index in [9.17, 15) is 9.59 Å². The van der Waals surface area contributed by atoms with E-state index in [4.69, 9.17) is 0 Å². The Morgan fingerprint density at radius 1 is 1.43 bits per heavy atom. The van der Waals surface area contributed by atoms with Crippen LogP contribution in [0.3, 0.4) is 0 Å². The topological polar surface area (TPSA) is 42.3 Å². The van der Waals surface area contributed by atoms with E-state index in [-0.39, 0.29) is 17.0 Å². The average Bonchev–Trinajstić information content (AvgIpc) is 2.95. The van der Waals surface area contributed by atoms with Gasteiger partial charge in [-0.1, -0.05) is 6.92 Å². The highest BCUT2D eigenvalue weighted by atomic mass is 32.1. The average molecular weight is 304 g/mol. The summed E-state index contributed by atoms with van der Waals surface area (Å²) in [5, 5.41) is 3.99. The molecule has 0 N–H and O–H groups in total. The molecule has 1 amide bonds. The molecule has 0 atom stereocenters. The van der Waals surface area contributed by atoms with Gasteiger partial charge in [-0.15, -0.1) is 0 Å². The first-order valence-corrected chi connectivity index (χ1v) is 7.86. The van der Waals surface area contributed by atoms with Crippen molar-refractivity contribution < 1.29 is 4.79 Å². The number of hydrogen-bond donors (Lipinski definition) is 0. The lowest BCUT2D eigenvalue weighted by Crippen LogP contribution is -2.34. The van der Waals surface area contributed by atoms with Crippen LogP contribution < -0.4 is 5.56 Å². The van der Waals surface area contributed by atoms with Gasteiger partial charge in [0.05, 0.1) is 0 Å². The van der Waals surface area contributed by atoms with Crippen molar-refractivity contribution in [2.24, 2.45) is 7.05 Å². The summed E-state index contributed by atoms with van der Waals surface area (Å²) in [6.07, 6.45) is 0.775. The van der Waals surface area contributed by atoms with E-state index in [1.54, 1.807) is 41.0 Å². The summed E-state index contributed by atoms with van der Waals surface area (Å²) in [4.78, 5) is 26.5. The third kappa shape index (κ3) is 3.08. The van der Waals surface area contributed by atoms with Gasteiger partial charge in [0.25, 0.3) is 11.5 Å². The van der Waals surface area contributed by atoms with E-state index >= 15 is 0 Å². The van der Waals surface area contributed by atoms with Crippen molar-refractivity contribution in [1.82, 2.24) is 9.47 Å². The number of hydrogen-bond acceptors (Lipinski definition) is 3. The van der Waals surface area contributed by atoms with Crippen molar-refractivity contribution in [2.75, 3.05) is 7.05 Å². The fourth-order valence-electron chi connectivity index (χ4n) is 2.53. The summed E-state index contributed by atoms with van der Waals surface area (Å²) in [7, 11) is 3.45. The number of thiophene rings is 1. The molecule has 0 aliphatic rings. The molecule has 0 saturated carbocycles. The Morgan fingerprint density at radius 3 is 2.71 bits per heavy atom. The summed E-state index contributed by atoms with van der Waals surface area (Å²) in [6.45, 7) is 4.46. The van der Waals surface area contributed by atoms with Gasteiger partial charge in [-0.05, 0) is 47.4 Å². The minimum atomic E-state index is -0.229. The highest BCUT2D eigenvalue weighted by Crippen LogP contribution is 2.12. The third-order valence-electron chi connectivity index (χ3n) is 3.67. The number of aryl methyl sites for hydroxylation is 1. The number of aromatic nitrogens is 1. The van der Waals surface area contributed by atoms with Crippen molar-refractivity contribution in [3.63, 3.8) is 0 Å². The quantitative estimate of drug-likeness (QED) is 0.871. The first kappa shape index (κ1) is 15.5. The first-order chi connectivity index (χ1) is 9.95. The van der Waals surface area contributed by atoms with Gasteiger partial charge < -0.3 is 9.47 Å². The second kappa shape index (κ2) is 6.26. The van der Waals surface area contributed by atoms with Gasteiger partial charge in [0.1, 0.15) is 5.56 Å². The number of nitrogens with zero attached hydrogens (tertiary/aromatic N) is 2. The van der Waals surface area contributed by atoms with E-state index in [1.807, 2.05) is 30.7 Å². The Hall–Kier alpha value is -1.88. The van der Waals surface area contributed by atoms with Crippen molar-refractivity contribution >= 4 is 17.2 Å². The lowest BCUT2D eigenvalue weighted by molar-refractivity contribution is 0.0782. The molecule has 0 aliphatic heterocycles. The molecule has 4 nitrogen and oxygen atoms in total. The minimum absolute atomic E-state index is 0.223. The van der Waals surface area contributed by atoms with Gasteiger partial charge in [0, 0.05) is 26.3 Å². The Labute approximate surface area is 128 Å². The lowest BCUT2D eigenvalue weighted by Gasteiger charge is -2.18. The smallest absolute Gasteiger partial charge is 0.263 e. The monoisotopic (exact) mass is 304 g/mol. The SMILES string of the molecule is CCc1c(C)cc(C(=O)N(C)Cc2ccsc2)c(=O)n1C. The minimum Gasteiger partial charge on any atom is -0.337 e. The molecule has 2 heterocycles. The largest absolute Gasteiger partial charge is 0.337 e. The highest BCUT2D eigenvalue weighted by molar-refractivity contribution is 7.07. The summed E-state index contributed by atoms with van der Waals surface area (Å²) >= 11 is 1.60. The fourth-order valence-corrected chi connectivity index (χ4v) is 3.19. The van der Waals surface area contributed by atoms with Crippen molar-refractivity contribution in [3.05, 3.63) is 55.6 Å². The van der Waals surface area contributed by atoms with Gasteiger partial charge in [-0.2, -0.15) is 11.3 Å². The van der Waals surface area contributed by atoms with E-state index in [2.05, 4.69) is 0 Å². The number of carbonyl (C=O) groups is 1. The van der Waals surface area contributed by atoms with E-state index < -0.39 is 0 Å². The van der Waals surface area contributed by atoms with Crippen LogP contribution in [0.15, 0.2) is 27.7 Å². The Morgan fingerprint density at radius 2 is 2.14 bits per heavy atom. The molecule has 5 heteroatoms. The fraction of sp³-hybridized carbons (Fsp3) is 0.375. The van der Waals surface area contributed by atoms with Crippen LogP contribution >= 0.6 is 11.3 Å². The summed E-state index contributed by atoms with van der Waals surface area (Å²) in [5.74, 6) is -0.229. The third-order valence-corrected chi connectivity index (χ3v) is 4.40. The second-order valence-electron chi connectivity index (χ2n) is 5.20. The normalized spacial score (nSPS) is 10.7. The molecule has 2 aromatic rings. The molecule has 0 spiro atoms. The molecule has 0 saturated heterocycles. The molecule has 0 bridgehead atoms. The maximum atomic E-state index is 12.5. The molecule has 2 aromatic heterocycles. The van der Waals surface area contributed by atoms with Crippen molar-refractivity contribution in [2.45, 2.75) is 26.8 Å². The molecule has 112 valence electrons.